The summed E-state index contributed by atoms with van der Waals surface area (Å²) in [5.41, 5.74) is 1.87. The molecule has 2 amide bonds. The van der Waals surface area contributed by atoms with Gasteiger partial charge in [0, 0.05) is 6.54 Å². The van der Waals surface area contributed by atoms with Crippen LogP contribution in [0.1, 0.15) is 24.0 Å². The Morgan fingerprint density at radius 3 is 2.19 bits per heavy atom. The molecule has 0 saturated heterocycles. The molecule has 0 heterocycles. The van der Waals surface area contributed by atoms with E-state index in [2.05, 4.69) is 10.6 Å². The molecule has 0 saturated carbocycles. The highest BCUT2D eigenvalue weighted by atomic mass is 16.5. The summed E-state index contributed by atoms with van der Waals surface area (Å²) < 4.78 is 9.80. The maximum atomic E-state index is 12.2. The highest BCUT2D eigenvalue weighted by Crippen LogP contribution is 2.07. The molecule has 0 fully saturated rings. The molecule has 0 spiro atoms. The standard InChI is InChI=1S/C23H28N2O6/c1-30-22(28)20(13-12-17-8-4-2-5-9-17)25-21(27)14-19(26)15-24-23(29)31-16-18-10-6-3-7-11-18/h2-11,19-20,26H,12-16H2,1H3,(H,24,29)(H,25,27)/t19-,20-/m0/s1. The Balaban J connectivity index is 1.72. The van der Waals surface area contributed by atoms with E-state index in [9.17, 15) is 19.5 Å². The van der Waals surface area contributed by atoms with Crippen LogP contribution in [0, 0.1) is 0 Å². The fraction of sp³-hybridized carbons (Fsp3) is 0.348. The molecule has 2 rings (SSSR count). The van der Waals surface area contributed by atoms with E-state index in [-0.39, 0.29) is 19.6 Å². The van der Waals surface area contributed by atoms with Gasteiger partial charge < -0.3 is 25.2 Å². The van der Waals surface area contributed by atoms with Gasteiger partial charge in [0.05, 0.1) is 19.6 Å². The first-order valence-corrected chi connectivity index (χ1v) is 10.0. The number of aliphatic hydroxyl groups is 1. The summed E-state index contributed by atoms with van der Waals surface area (Å²) in [4.78, 5) is 35.9. The van der Waals surface area contributed by atoms with Crippen molar-refractivity contribution >= 4 is 18.0 Å². The highest BCUT2D eigenvalue weighted by molar-refractivity contribution is 5.84. The maximum Gasteiger partial charge on any atom is 0.407 e. The third kappa shape index (κ3) is 9.31. The van der Waals surface area contributed by atoms with Gasteiger partial charge in [0.2, 0.25) is 5.91 Å². The number of rotatable bonds is 11. The SMILES string of the molecule is COC(=O)[C@H](CCc1ccccc1)NC(=O)C[C@H](O)CNC(=O)OCc1ccccc1. The first kappa shape index (κ1) is 23.9. The Kier molecular flexibility index (Phi) is 10.0. The van der Waals surface area contributed by atoms with Crippen LogP contribution in [0.2, 0.25) is 0 Å². The van der Waals surface area contributed by atoms with Gasteiger partial charge in [-0.25, -0.2) is 9.59 Å². The molecular formula is C23H28N2O6. The van der Waals surface area contributed by atoms with Crippen LogP contribution in [0.15, 0.2) is 60.7 Å². The lowest BCUT2D eigenvalue weighted by molar-refractivity contribution is -0.145. The number of hydrogen-bond acceptors (Lipinski definition) is 6. The molecule has 166 valence electrons. The lowest BCUT2D eigenvalue weighted by atomic mass is 10.0. The minimum absolute atomic E-state index is 0.103. The number of nitrogens with one attached hydrogen (secondary N) is 2. The Morgan fingerprint density at radius 2 is 1.58 bits per heavy atom. The van der Waals surface area contributed by atoms with E-state index in [0.717, 1.165) is 11.1 Å². The number of hydrogen-bond donors (Lipinski definition) is 3. The van der Waals surface area contributed by atoms with Crippen molar-refractivity contribution < 1.29 is 29.0 Å². The number of benzene rings is 2. The van der Waals surface area contributed by atoms with Crippen LogP contribution < -0.4 is 10.6 Å². The summed E-state index contributed by atoms with van der Waals surface area (Å²) in [5, 5.41) is 15.0. The average molecular weight is 428 g/mol. The number of alkyl carbamates (subject to hydrolysis) is 1. The van der Waals surface area contributed by atoms with Gasteiger partial charge in [-0.1, -0.05) is 60.7 Å². The molecule has 2 aromatic carbocycles. The molecule has 0 aliphatic rings. The molecular weight excluding hydrogens is 400 g/mol. The first-order valence-electron chi connectivity index (χ1n) is 10.0. The third-order valence-electron chi connectivity index (χ3n) is 4.50. The van der Waals surface area contributed by atoms with Gasteiger partial charge in [-0.15, -0.1) is 0 Å². The molecule has 2 aromatic rings. The van der Waals surface area contributed by atoms with Crippen LogP contribution in [0.4, 0.5) is 4.79 Å². The van der Waals surface area contributed by atoms with Crippen molar-refractivity contribution in [1.29, 1.82) is 0 Å². The largest absolute Gasteiger partial charge is 0.467 e. The second-order valence-corrected chi connectivity index (χ2v) is 6.97. The van der Waals surface area contributed by atoms with E-state index < -0.39 is 30.1 Å². The van der Waals surface area contributed by atoms with E-state index in [1.54, 1.807) is 0 Å². The summed E-state index contributed by atoms with van der Waals surface area (Å²) in [6, 6.07) is 17.9. The van der Waals surface area contributed by atoms with Crippen LogP contribution in [0.5, 0.6) is 0 Å². The summed E-state index contributed by atoms with van der Waals surface area (Å²) in [5.74, 6) is -1.07. The van der Waals surface area contributed by atoms with Gasteiger partial charge in [0.1, 0.15) is 12.6 Å². The molecule has 0 radical (unpaired) electrons. The van der Waals surface area contributed by atoms with Crippen LogP contribution >= 0.6 is 0 Å². The van der Waals surface area contributed by atoms with E-state index in [4.69, 9.17) is 9.47 Å². The fourth-order valence-corrected chi connectivity index (χ4v) is 2.86. The molecule has 0 bridgehead atoms. The first-order chi connectivity index (χ1) is 15.0. The van der Waals surface area contributed by atoms with Crippen LogP contribution in [-0.2, 0) is 32.1 Å². The summed E-state index contributed by atoms with van der Waals surface area (Å²) in [7, 11) is 1.25. The van der Waals surface area contributed by atoms with Gasteiger partial charge in [-0.3, -0.25) is 4.79 Å². The zero-order valence-electron chi connectivity index (χ0n) is 17.5. The molecule has 8 heteroatoms. The van der Waals surface area contributed by atoms with Crippen LogP contribution in [0.25, 0.3) is 0 Å². The minimum atomic E-state index is -1.13. The highest BCUT2D eigenvalue weighted by Gasteiger charge is 2.22. The van der Waals surface area contributed by atoms with Crippen LogP contribution in [-0.4, -0.2) is 48.9 Å². The molecule has 0 aliphatic carbocycles. The number of aliphatic hydroxyl groups excluding tert-OH is 1. The van der Waals surface area contributed by atoms with Crippen molar-refractivity contribution in [3.8, 4) is 0 Å². The topological polar surface area (TPSA) is 114 Å². The van der Waals surface area contributed by atoms with E-state index >= 15 is 0 Å². The molecule has 8 nitrogen and oxygen atoms in total. The Morgan fingerprint density at radius 1 is 0.968 bits per heavy atom. The second kappa shape index (κ2) is 13.0. The van der Waals surface area contributed by atoms with Crippen molar-refractivity contribution in [2.45, 2.75) is 38.0 Å². The Labute approximate surface area is 181 Å². The normalized spacial score (nSPS) is 12.3. The van der Waals surface area contributed by atoms with Gasteiger partial charge in [-0.05, 0) is 24.0 Å². The van der Waals surface area contributed by atoms with Gasteiger partial charge in [0.25, 0.3) is 0 Å². The van der Waals surface area contributed by atoms with Crippen molar-refractivity contribution in [2.24, 2.45) is 0 Å². The van der Waals surface area contributed by atoms with Gasteiger partial charge in [-0.2, -0.15) is 0 Å². The quantitative estimate of drug-likeness (QED) is 0.472. The number of amides is 2. The van der Waals surface area contributed by atoms with E-state index in [0.29, 0.717) is 12.8 Å². The molecule has 31 heavy (non-hydrogen) atoms. The number of carbonyl (C=O) groups is 3. The number of methoxy groups -OCH3 is 1. The average Bonchev–Trinajstić information content (AvgIpc) is 2.79. The van der Waals surface area contributed by atoms with Gasteiger partial charge in [0.15, 0.2) is 0 Å². The fourth-order valence-electron chi connectivity index (χ4n) is 2.86. The Hall–Kier alpha value is -3.39. The zero-order valence-corrected chi connectivity index (χ0v) is 17.5. The van der Waals surface area contributed by atoms with Crippen molar-refractivity contribution in [3.05, 3.63) is 71.8 Å². The minimum Gasteiger partial charge on any atom is -0.467 e. The Bertz CT molecular complexity index is 828. The van der Waals surface area contributed by atoms with Crippen molar-refractivity contribution in [1.82, 2.24) is 10.6 Å². The van der Waals surface area contributed by atoms with Crippen molar-refractivity contribution in [3.63, 3.8) is 0 Å². The predicted molar refractivity (Wildman–Crippen MR) is 114 cm³/mol. The van der Waals surface area contributed by atoms with Crippen molar-refractivity contribution in [2.75, 3.05) is 13.7 Å². The summed E-state index contributed by atoms with van der Waals surface area (Å²) in [6.07, 6.45) is -1.16. The number of esters is 1. The molecule has 3 N–H and O–H groups in total. The number of aryl methyl sites for hydroxylation is 1. The maximum absolute atomic E-state index is 12.2. The smallest absolute Gasteiger partial charge is 0.407 e. The summed E-state index contributed by atoms with van der Waals surface area (Å²) >= 11 is 0. The number of carbonyl (C=O) groups excluding carboxylic acids is 3. The van der Waals surface area contributed by atoms with E-state index in [1.165, 1.54) is 7.11 Å². The van der Waals surface area contributed by atoms with E-state index in [1.807, 2.05) is 60.7 Å². The lowest BCUT2D eigenvalue weighted by Gasteiger charge is -2.18. The molecule has 0 unspecified atom stereocenters. The molecule has 0 aromatic heterocycles. The molecule has 2 atom stereocenters. The lowest BCUT2D eigenvalue weighted by Crippen LogP contribution is -2.44. The van der Waals surface area contributed by atoms with Crippen LogP contribution in [0.3, 0.4) is 0 Å². The second-order valence-electron chi connectivity index (χ2n) is 6.97. The third-order valence-corrected chi connectivity index (χ3v) is 4.50. The number of ether oxygens (including phenoxy) is 2. The zero-order chi connectivity index (χ0) is 22.5. The monoisotopic (exact) mass is 428 g/mol. The van der Waals surface area contributed by atoms with Gasteiger partial charge >= 0.3 is 12.1 Å². The summed E-state index contributed by atoms with van der Waals surface area (Å²) in [6.45, 7) is -0.0561. The molecule has 0 aliphatic heterocycles. The predicted octanol–water partition coefficient (Wildman–Crippen LogP) is 1.95.